The maximum Gasteiger partial charge on any atom is 0.325 e. The molecule has 0 aliphatic carbocycles. The first-order chi connectivity index (χ1) is 14.8. The zero-order chi connectivity index (χ0) is 22.6. The van der Waals surface area contributed by atoms with E-state index in [2.05, 4.69) is 5.32 Å². The second kappa shape index (κ2) is 9.20. The van der Waals surface area contributed by atoms with Crippen LogP contribution >= 0.6 is 0 Å². The third-order valence-corrected chi connectivity index (χ3v) is 5.72. The Hall–Kier alpha value is -3.35. The van der Waals surface area contributed by atoms with Crippen LogP contribution in [0, 0.1) is 0 Å². The van der Waals surface area contributed by atoms with Crippen molar-refractivity contribution in [3.8, 4) is 5.75 Å². The number of benzene rings is 2. The van der Waals surface area contributed by atoms with Crippen molar-refractivity contribution < 1.29 is 19.1 Å². The molecule has 1 saturated heterocycles. The Labute approximate surface area is 183 Å². The molecule has 1 aliphatic heterocycles. The van der Waals surface area contributed by atoms with Crippen LogP contribution in [0.3, 0.4) is 0 Å². The topological polar surface area (TPSA) is 79.0 Å². The largest absolute Gasteiger partial charge is 0.497 e. The number of imide groups is 1. The molecule has 0 bridgehead atoms. The van der Waals surface area contributed by atoms with Gasteiger partial charge in [-0.15, -0.1) is 0 Å². The predicted molar refractivity (Wildman–Crippen MR) is 117 cm³/mol. The van der Waals surface area contributed by atoms with Crippen LogP contribution in [0.2, 0.25) is 0 Å². The van der Waals surface area contributed by atoms with Crippen LogP contribution in [0.1, 0.15) is 38.3 Å². The summed E-state index contributed by atoms with van der Waals surface area (Å²) >= 11 is 0. The fraction of sp³-hybridized carbons (Fsp3) is 0.375. The number of ether oxygens (including phenoxy) is 1. The van der Waals surface area contributed by atoms with E-state index in [9.17, 15) is 14.4 Å². The van der Waals surface area contributed by atoms with Crippen molar-refractivity contribution in [2.45, 2.75) is 45.3 Å². The normalized spacial score (nSPS) is 18.3. The number of nitrogens with one attached hydrogen (secondary N) is 1. The Morgan fingerprint density at radius 3 is 2.29 bits per heavy atom. The lowest BCUT2D eigenvalue weighted by Gasteiger charge is -2.29. The van der Waals surface area contributed by atoms with Crippen LogP contribution < -0.4 is 10.1 Å². The highest BCUT2D eigenvalue weighted by atomic mass is 16.5. The lowest BCUT2D eigenvalue weighted by molar-refractivity contribution is -0.140. The van der Waals surface area contributed by atoms with Gasteiger partial charge in [-0.2, -0.15) is 0 Å². The molecule has 0 saturated carbocycles. The van der Waals surface area contributed by atoms with E-state index in [0.29, 0.717) is 24.3 Å². The summed E-state index contributed by atoms with van der Waals surface area (Å²) in [4.78, 5) is 41.9. The summed E-state index contributed by atoms with van der Waals surface area (Å²) in [5.74, 6) is -0.0294. The molecule has 0 spiro atoms. The van der Waals surface area contributed by atoms with Crippen molar-refractivity contribution in [1.82, 2.24) is 15.1 Å². The maximum atomic E-state index is 13.4. The maximum absolute atomic E-state index is 13.4. The highest BCUT2D eigenvalue weighted by Crippen LogP contribution is 2.33. The summed E-state index contributed by atoms with van der Waals surface area (Å²) in [6, 6.07) is 16.0. The van der Waals surface area contributed by atoms with E-state index < -0.39 is 17.5 Å². The highest BCUT2D eigenvalue weighted by Gasteiger charge is 2.51. The highest BCUT2D eigenvalue weighted by molar-refractivity contribution is 6.09. The van der Waals surface area contributed by atoms with E-state index in [1.807, 2.05) is 51.1 Å². The van der Waals surface area contributed by atoms with Crippen LogP contribution in [0.5, 0.6) is 5.75 Å². The summed E-state index contributed by atoms with van der Waals surface area (Å²) < 4.78 is 5.18. The van der Waals surface area contributed by atoms with Crippen molar-refractivity contribution in [2.75, 3.05) is 13.7 Å². The van der Waals surface area contributed by atoms with Crippen LogP contribution in [0.15, 0.2) is 54.6 Å². The van der Waals surface area contributed by atoms with Gasteiger partial charge in [0, 0.05) is 12.6 Å². The molecule has 7 nitrogen and oxygen atoms in total. The molecule has 31 heavy (non-hydrogen) atoms. The molecule has 0 unspecified atom stereocenters. The minimum absolute atomic E-state index is 0.0778. The standard InChI is InChI=1S/C24H29N3O4/c1-5-24(19-11-13-20(31-4)14-12-19)22(29)27(23(30)25-24)16-21(28)26(17(2)3)15-18-9-7-6-8-10-18/h6-14,17H,5,15-16H2,1-4H3,(H,25,30)/t24-/m1/s1. The number of amides is 4. The van der Waals surface area contributed by atoms with E-state index >= 15 is 0 Å². The van der Waals surface area contributed by atoms with E-state index in [4.69, 9.17) is 4.74 Å². The van der Waals surface area contributed by atoms with Crippen molar-refractivity contribution in [3.63, 3.8) is 0 Å². The van der Waals surface area contributed by atoms with Gasteiger partial charge in [0.15, 0.2) is 0 Å². The van der Waals surface area contributed by atoms with E-state index in [0.717, 1.165) is 10.5 Å². The molecule has 1 aliphatic rings. The van der Waals surface area contributed by atoms with Gasteiger partial charge in [-0.1, -0.05) is 49.4 Å². The zero-order valence-electron chi connectivity index (χ0n) is 18.4. The first-order valence-electron chi connectivity index (χ1n) is 10.4. The number of carbonyl (C=O) groups excluding carboxylic acids is 3. The Morgan fingerprint density at radius 2 is 1.74 bits per heavy atom. The zero-order valence-corrected chi connectivity index (χ0v) is 18.4. The Morgan fingerprint density at radius 1 is 1.10 bits per heavy atom. The van der Waals surface area contributed by atoms with Crippen molar-refractivity contribution in [2.24, 2.45) is 0 Å². The van der Waals surface area contributed by atoms with Gasteiger partial charge in [0.25, 0.3) is 5.91 Å². The summed E-state index contributed by atoms with van der Waals surface area (Å²) in [7, 11) is 1.57. The number of urea groups is 1. The Balaban J connectivity index is 1.81. The molecule has 164 valence electrons. The molecule has 7 heteroatoms. The van der Waals surface area contributed by atoms with Crippen molar-refractivity contribution in [1.29, 1.82) is 0 Å². The quantitative estimate of drug-likeness (QED) is 0.661. The van der Waals surface area contributed by atoms with Gasteiger partial charge in [0.2, 0.25) is 5.91 Å². The third-order valence-electron chi connectivity index (χ3n) is 5.72. The minimum Gasteiger partial charge on any atom is -0.497 e. The molecule has 2 aromatic rings. The van der Waals surface area contributed by atoms with E-state index in [-0.39, 0.29) is 18.5 Å². The second-order valence-corrected chi connectivity index (χ2v) is 7.91. The molecule has 1 atom stereocenters. The van der Waals surface area contributed by atoms with Crippen molar-refractivity contribution in [3.05, 3.63) is 65.7 Å². The number of hydrogen-bond acceptors (Lipinski definition) is 4. The number of hydrogen-bond donors (Lipinski definition) is 1. The van der Waals surface area contributed by atoms with Gasteiger partial charge >= 0.3 is 6.03 Å². The van der Waals surface area contributed by atoms with E-state index in [1.54, 1.807) is 36.3 Å². The summed E-state index contributed by atoms with van der Waals surface area (Å²) in [6.07, 6.45) is 0.368. The molecule has 1 heterocycles. The lowest BCUT2D eigenvalue weighted by atomic mass is 9.87. The van der Waals surface area contributed by atoms with Crippen LogP contribution in [-0.2, 0) is 21.7 Å². The Kier molecular flexibility index (Phi) is 6.63. The molecule has 0 aromatic heterocycles. The SMILES string of the molecule is CC[C@]1(c2ccc(OC)cc2)NC(=O)N(CC(=O)N(Cc2ccccc2)C(C)C)C1=O. The van der Waals surface area contributed by atoms with Crippen LogP contribution in [-0.4, -0.2) is 47.3 Å². The van der Waals surface area contributed by atoms with Gasteiger partial charge in [-0.25, -0.2) is 4.79 Å². The molecule has 4 amide bonds. The molecule has 0 radical (unpaired) electrons. The first kappa shape index (κ1) is 22.3. The van der Waals surface area contributed by atoms with Gasteiger partial charge in [0.1, 0.15) is 17.8 Å². The fourth-order valence-corrected chi connectivity index (χ4v) is 3.85. The number of rotatable bonds is 8. The number of carbonyl (C=O) groups is 3. The van der Waals surface area contributed by atoms with Crippen molar-refractivity contribution >= 4 is 17.8 Å². The third kappa shape index (κ3) is 4.40. The molecule has 3 rings (SSSR count). The first-order valence-corrected chi connectivity index (χ1v) is 10.4. The number of methoxy groups -OCH3 is 1. The van der Waals surface area contributed by atoms with Gasteiger partial charge in [-0.05, 0) is 43.5 Å². The Bertz CT molecular complexity index is 943. The van der Waals surface area contributed by atoms with Crippen LogP contribution in [0.4, 0.5) is 4.79 Å². The minimum atomic E-state index is -1.19. The van der Waals surface area contributed by atoms with Gasteiger partial charge < -0.3 is 15.0 Å². The molecular weight excluding hydrogens is 394 g/mol. The predicted octanol–water partition coefficient (Wildman–Crippen LogP) is 3.29. The summed E-state index contributed by atoms with van der Waals surface area (Å²) in [5, 5.41) is 2.82. The van der Waals surface area contributed by atoms with Crippen LogP contribution in [0.25, 0.3) is 0 Å². The van der Waals surface area contributed by atoms with E-state index in [1.165, 1.54) is 0 Å². The second-order valence-electron chi connectivity index (χ2n) is 7.91. The number of nitrogens with zero attached hydrogens (tertiary/aromatic N) is 2. The smallest absolute Gasteiger partial charge is 0.325 e. The average Bonchev–Trinajstić information content (AvgIpc) is 3.03. The molecule has 1 N–H and O–H groups in total. The van der Waals surface area contributed by atoms with Gasteiger partial charge in [0.05, 0.1) is 7.11 Å². The fourth-order valence-electron chi connectivity index (χ4n) is 3.85. The summed E-state index contributed by atoms with van der Waals surface area (Å²) in [6.45, 7) is 5.79. The lowest BCUT2D eigenvalue weighted by Crippen LogP contribution is -2.46. The molecule has 2 aromatic carbocycles. The molecule has 1 fully saturated rings. The summed E-state index contributed by atoms with van der Waals surface area (Å²) in [5.41, 5.74) is 0.461. The average molecular weight is 424 g/mol. The molecular formula is C24H29N3O4. The van der Waals surface area contributed by atoms with Gasteiger partial charge in [-0.3, -0.25) is 14.5 Å². The monoisotopic (exact) mass is 423 g/mol.